The summed E-state index contributed by atoms with van der Waals surface area (Å²) < 4.78 is 1.62. The van der Waals surface area contributed by atoms with Crippen molar-refractivity contribution in [3.05, 3.63) is 64.5 Å². The average Bonchev–Trinajstić information content (AvgIpc) is 2.96. The molecule has 2 aliphatic heterocycles. The highest BCUT2D eigenvalue weighted by molar-refractivity contribution is 8.14. The Bertz CT molecular complexity index is 880. The van der Waals surface area contributed by atoms with Crippen molar-refractivity contribution in [2.75, 3.05) is 0 Å². The van der Waals surface area contributed by atoms with Gasteiger partial charge in [-0.1, -0.05) is 42.5 Å². The summed E-state index contributed by atoms with van der Waals surface area (Å²) in [6, 6.07) is 7.91. The van der Waals surface area contributed by atoms with Crippen LogP contribution in [0.4, 0.5) is 0 Å². The summed E-state index contributed by atoms with van der Waals surface area (Å²) >= 11 is 1.48. The fourth-order valence-electron chi connectivity index (χ4n) is 3.14. The molecule has 1 aromatic heterocycles. The maximum absolute atomic E-state index is 12.9. The van der Waals surface area contributed by atoms with E-state index < -0.39 is 0 Å². The van der Waals surface area contributed by atoms with Crippen LogP contribution in [-0.4, -0.2) is 14.6 Å². The second-order valence-electron chi connectivity index (χ2n) is 5.93. The predicted molar refractivity (Wildman–Crippen MR) is 93.5 cm³/mol. The number of nitrogens with zero attached hydrogens (tertiary/aromatic N) is 3. The van der Waals surface area contributed by atoms with Gasteiger partial charge in [0.15, 0.2) is 0 Å². The SMILES string of the molecule is CCC1C=CN=C2Sc3c(ncn(-c4ccc(C)cc4)c3=O)C21. The first kappa shape index (κ1) is 14.5. The molecule has 23 heavy (non-hydrogen) atoms. The molecule has 0 saturated carbocycles. The molecule has 2 aromatic rings. The average molecular weight is 323 g/mol. The van der Waals surface area contributed by atoms with E-state index >= 15 is 0 Å². The zero-order chi connectivity index (χ0) is 16.0. The van der Waals surface area contributed by atoms with E-state index in [1.807, 2.05) is 37.4 Å². The summed E-state index contributed by atoms with van der Waals surface area (Å²) in [6.07, 6.45) is 6.65. The maximum Gasteiger partial charge on any atom is 0.272 e. The summed E-state index contributed by atoms with van der Waals surface area (Å²) in [5.41, 5.74) is 2.90. The molecule has 0 amide bonds. The van der Waals surface area contributed by atoms with Gasteiger partial charge in [-0.05, 0) is 31.4 Å². The number of rotatable bonds is 2. The molecule has 116 valence electrons. The van der Waals surface area contributed by atoms with Crippen molar-refractivity contribution in [3.8, 4) is 5.69 Å². The summed E-state index contributed by atoms with van der Waals surface area (Å²) in [7, 11) is 0. The first-order valence-electron chi connectivity index (χ1n) is 7.80. The van der Waals surface area contributed by atoms with E-state index in [-0.39, 0.29) is 11.5 Å². The Balaban J connectivity index is 1.83. The van der Waals surface area contributed by atoms with Crippen molar-refractivity contribution < 1.29 is 0 Å². The molecule has 0 radical (unpaired) electrons. The zero-order valence-corrected chi connectivity index (χ0v) is 13.9. The van der Waals surface area contributed by atoms with Crippen molar-refractivity contribution in [1.29, 1.82) is 0 Å². The van der Waals surface area contributed by atoms with E-state index in [4.69, 9.17) is 0 Å². The number of fused-ring (bicyclic) bond motifs is 3. The van der Waals surface area contributed by atoms with Gasteiger partial charge in [0, 0.05) is 6.20 Å². The summed E-state index contributed by atoms with van der Waals surface area (Å²) in [5, 5.41) is 1.00. The van der Waals surface area contributed by atoms with Gasteiger partial charge in [-0.15, -0.1) is 0 Å². The van der Waals surface area contributed by atoms with Crippen LogP contribution in [-0.2, 0) is 0 Å². The number of allylic oxidation sites excluding steroid dienone is 1. The quantitative estimate of drug-likeness (QED) is 0.847. The fraction of sp³-hybridized carbons (Fsp3) is 0.278. The number of hydrogen-bond donors (Lipinski definition) is 0. The van der Waals surface area contributed by atoms with Crippen molar-refractivity contribution in [2.24, 2.45) is 10.9 Å². The third-order valence-corrected chi connectivity index (χ3v) is 5.63. The van der Waals surface area contributed by atoms with Gasteiger partial charge in [-0.3, -0.25) is 14.4 Å². The Morgan fingerprint density at radius 1 is 1.26 bits per heavy atom. The Morgan fingerprint density at radius 2 is 2.04 bits per heavy atom. The van der Waals surface area contributed by atoms with Crippen LogP contribution in [0.1, 0.15) is 30.5 Å². The number of aryl methyl sites for hydroxylation is 1. The largest absolute Gasteiger partial charge is 0.272 e. The highest BCUT2D eigenvalue weighted by atomic mass is 32.2. The lowest BCUT2D eigenvalue weighted by Gasteiger charge is -2.21. The van der Waals surface area contributed by atoms with Gasteiger partial charge in [0.2, 0.25) is 0 Å². The molecule has 4 nitrogen and oxygen atoms in total. The molecular formula is C18H17N3OS. The van der Waals surface area contributed by atoms with Gasteiger partial charge in [-0.2, -0.15) is 0 Å². The van der Waals surface area contributed by atoms with E-state index in [0.29, 0.717) is 5.92 Å². The van der Waals surface area contributed by atoms with Gasteiger partial charge >= 0.3 is 0 Å². The molecule has 2 unspecified atom stereocenters. The normalized spacial score (nSPS) is 21.7. The number of aliphatic imine (C=N–C) groups is 1. The van der Waals surface area contributed by atoms with E-state index in [0.717, 1.165) is 27.7 Å². The first-order valence-corrected chi connectivity index (χ1v) is 8.61. The lowest BCUT2D eigenvalue weighted by atomic mass is 9.87. The third kappa shape index (κ3) is 2.27. The van der Waals surface area contributed by atoms with Gasteiger partial charge in [-0.25, -0.2) is 4.98 Å². The molecule has 0 aliphatic carbocycles. The Labute approximate surface area is 139 Å². The van der Waals surface area contributed by atoms with Gasteiger partial charge in [0.1, 0.15) is 11.2 Å². The van der Waals surface area contributed by atoms with Crippen molar-refractivity contribution in [1.82, 2.24) is 9.55 Å². The molecule has 5 heteroatoms. The topological polar surface area (TPSA) is 47.2 Å². The smallest absolute Gasteiger partial charge is 0.268 e. The molecule has 0 bridgehead atoms. The zero-order valence-electron chi connectivity index (χ0n) is 13.1. The third-order valence-electron chi connectivity index (χ3n) is 4.47. The molecule has 0 spiro atoms. The van der Waals surface area contributed by atoms with E-state index in [1.165, 1.54) is 17.3 Å². The van der Waals surface area contributed by atoms with Crippen molar-refractivity contribution in [2.45, 2.75) is 31.1 Å². The van der Waals surface area contributed by atoms with Crippen LogP contribution in [0.3, 0.4) is 0 Å². The minimum absolute atomic E-state index is 0.00388. The van der Waals surface area contributed by atoms with Crippen LogP contribution in [0.25, 0.3) is 5.69 Å². The molecule has 0 saturated heterocycles. The van der Waals surface area contributed by atoms with Crippen LogP contribution in [0.5, 0.6) is 0 Å². The van der Waals surface area contributed by atoms with Crippen LogP contribution in [0, 0.1) is 12.8 Å². The minimum Gasteiger partial charge on any atom is -0.268 e. The lowest BCUT2D eigenvalue weighted by molar-refractivity contribution is 0.566. The highest BCUT2D eigenvalue weighted by Gasteiger charge is 2.38. The van der Waals surface area contributed by atoms with Crippen molar-refractivity contribution in [3.63, 3.8) is 0 Å². The number of aromatic nitrogens is 2. The van der Waals surface area contributed by atoms with Crippen molar-refractivity contribution >= 4 is 16.8 Å². The monoisotopic (exact) mass is 323 g/mol. The number of hydrogen-bond acceptors (Lipinski definition) is 4. The molecule has 4 rings (SSSR count). The molecule has 0 N–H and O–H groups in total. The van der Waals surface area contributed by atoms with Crippen LogP contribution in [0.15, 0.2) is 57.6 Å². The Hall–Kier alpha value is -2.14. The van der Waals surface area contributed by atoms with E-state index in [2.05, 4.69) is 23.0 Å². The molecule has 3 heterocycles. The Morgan fingerprint density at radius 3 is 2.78 bits per heavy atom. The Kier molecular flexibility index (Phi) is 3.45. The van der Waals surface area contributed by atoms with Gasteiger partial charge in [0.05, 0.1) is 22.3 Å². The molecule has 2 atom stereocenters. The fourth-order valence-corrected chi connectivity index (χ4v) is 4.35. The van der Waals surface area contributed by atoms with Gasteiger partial charge in [0.25, 0.3) is 5.56 Å². The number of benzene rings is 1. The number of thioether (sulfide) groups is 1. The summed E-state index contributed by atoms with van der Waals surface area (Å²) in [6.45, 7) is 4.19. The van der Waals surface area contributed by atoms with E-state index in [1.54, 1.807) is 10.9 Å². The minimum atomic E-state index is -0.00388. The predicted octanol–water partition coefficient (Wildman–Crippen LogP) is 3.68. The van der Waals surface area contributed by atoms with Crippen LogP contribution >= 0.6 is 11.8 Å². The van der Waals surface area contributed by atoms with E-state index in [9.17, 15) is 4.79 Å². The van der Waals surface area contributed by atoms with Crippen LogP contribution in [0.2, 0.25) is 0 Å². The summed E-state index contributed by atoms with van der Waals surface area (Å²) in [5.74, 6) is 0.517. The first-order chi connectivity index (χ1) is 11.2. The summed E-state index contributed by atoms with van der Waals surface area (Å²) in [4.78, 5) is 22.7. The van der Waals surface area contributed by atoms with Gasteiger partial charge < -0.3 is 0 Å². The molecule has 2 aliphatic rings. The second-order valence-corrected chi connectivity index (χ2v) is 6.96. The molecular weight excluding hydrogens is 306 g/mol. The standard InChI is InChI=1S/C18H17N3OS/c1-3-12-8-9-19-17-14(12)15-16(23-17)18(22)21(10-20-15)13-6-4-11(2)5-7-13/h4-10,12,14H,3H2,1-2H3. The second kappa shape index (κ2) is 5.49. The van der Waals surface area contributed by atoms with Crippen LogP contribution < -0.4 is 5.56 Å². The molecule has 0 fully saturated rings. The lowest BCUT2D eigenvalue weighted by Crippen LogP contribution is -2.23. The molecule has 1 aromatic carbocycles. The highest BCUT2D eigenvalue weighted by Crippen LogP contribution is 2.45. The maximum atomic E-state index is 12.9.